The number of carbonyl (C=O) groups excluding carboxylic acids is 2. The number of amides is 2. The molecule has 0 bridgehead atoms. The van der Waals surface area contributed by atoms with E-state index < -0.39 is 35.6 Å². The zero-order chi connectivity index (χ0) is 24.8. The van der Waals surface area contributed by atoms with E-state index in [1.807, 2.05) is 0 Å². The van der Waals surface area contributed by atoms with Crippen LogP contribution in [0.2, 0.25) is 5.02 Å². The minimum Gasteiger partial charge on any atom is -0.486 e. The smallest absolute Gasteiger partial charge is 0.416 e. The van der Waals surface area contributed by atoms with E-state index >= 15 is 0 Å². The van der Waals surface area contributed by atoms with Gasteiger partial charge in [0.25, 0.3) is 5.91 Å². The number of thiophene rings is 1. The van der Waals surface area contributed by atoms with Crippen LogP contribution in [0.25, 0.3) is 0 Å². The first-order valence-electron chi connectivity index (χ1n) is 9.82. The number of carboxylic acid groups (broad SMARTS) is 1. The van der Waals surface area contributed by atoms with Gasteiger partial charge >= 0.3 is 12.1 Å². The number of carboxylic acids is 1. The van der Waals surface area contributed by atoms with Crippen molar-refractivity contribution >= 4 is 46.4 Å². The fourth-order valence-corrected chi connectivity index (χ4v) is 4.84. The number of imide groups is 1. The highest BCUT2D eigenvalue weighted by molar-refractivity contribution is 7.12. The van der Waals surface area contributed by atoms with E-state index in [1.54, 1.807) is 0 Å². The lowest BCUT2D eigenvalue weighted by molar-refractivity contribution is -0.139. The van der Waals surface area contributed by atoms with Crippen molar-refractivity contribution in [2.75, 3.05) is 4.90 Å². The Morgan fingerprint density at radius 3 is 2.59 bits per heavy atom. The first kappa shape index (κ1) is 23.8. The maximum absolute atomic E-state index is 13.4. The Morgan fingerprint density at radius 2 is 1.91 bits per heavy atom. The molecule has 1 N–H and O–H groups in total. The number of carbonyl (C=O) groups is 3. The largest absolute Gasteiger partial charge is 0.486 e. The third-order valence-electron chi connectivity index (χ3n) is 5.25. The summed E-state index contributed by atoms with van der Waals surface area (Å²) in [5, 5.41) is 10.8. The van der Waals surface area contributed by atoms with Crippen LogP contribution in [-0.2, 0) is 17.4 Å². The number of benzene rings is 2. The summed E-state index contributed by atoms with van der Waals surface area (Å²) in [7, 11) is 0. The Kier molecular flexibility index (Phi) is 6.13. The number of nitrogens with zero attached hydrogens (tertiary/aromatic N) is 1. The molecule has 1 aliphatic rings. The molecule has 1 aromatic heterocycles. The highest BCUT2D eigenvalue weighted by atomic mass is 35.5. The van der Waals surface area contributed by atoms with Crippen LogP contribution >= 0.6 is 22.9 Å². The number of halogens is 4. The van der Waals surface area contributed by atoms with E-state index in [0.717, 1.165) is 22.3 Å². The van der Waals surface area contributed by atoms with Gasteiger partial charge in [-0.2, -0.15) is 13.2 Å². The highest BCUT2D eigenvalue weighted by Crippen LogP contribution is 2.39. The molecule has 0 saturated carbocycles. The summed E-state index contributed by atoms with van der Waals surface area (Å²) in [6.45, 7) is 1.44. The van der Waals surface area contributed by atoms with Gasteiger partial charge < -0.3 is 9.84 Å². The first-order chi connectivity index (χ1) is 16.0. The topological polar surface area (TPSA) is 83.9 Å². The summed E-state index contributed by atoms with van der Waals surface area (Å²) >= 11 is 7.08. The van der Waals surface area contributed by atoms with Crippen LogP contribution in [0.5, 0.6) is 5.75 Å². The number of hydrogen-bond acceptors (Lipinski definition) is 5. The molecular weight excluding hydrogens is 495 g/mol. The maximum Gasteiger partial charge on any atom is 0.416 e. The normalized spacial score (nSPS) is 14.7. The van der Waals surface area contributed by atoms with E-state index in [-0.39, 0.29) is 38.9 Å². The third kappa shape index (κ3) is 4.26. The molecule has 4 rings (SSSR count). The highest BCUT2D eigenvalue weighted by Gasteiger charge is 2.38. The van der Waals surface area contributed by atoms with Crippen LogP contribution in [0.3, 0.4) is 0 Å². The molecule has 2 amide bonds. The maximum atomic E-state index is 13.4. The van der Waals surface area contributed by atoms with E-state index in [0.29, 0.717) is 5.56 Å². The molecule has 0 saturated heterocycles. The molecular formula is C23H15ClF3NO5S. The molecule has 176 valence electrons. The summed E-state index contributed by atoms with van der Waals surface area (Å²) in [5.74, 6) is -2.70. The molecule has 3 aromatic rings. The van der Waals surface area contributed by atoms with Crippen LogP contribution in [-0.4, -0.2) is 22.9 Å². The van der Waals surface area contributed by atoms with Gasteiger partial charge in [-0.1, -0.05) is 29.8 Å². The van der Waals surface area contributed by atoms with Gasteiger partial charge in [-0.05, 0) is 36.1 Å². The average molecular weight is 510 g/mol. The molecule has 6 nitrogen and oxygen atoms in total. The number of alkyl halides is 3. The lowest BCUT2D eigenvalue weighted by atomic mass is 10.0. The number of aromatic carboxylic acids is 1. The van der Waals surface area contributed by atoms with Crippen LogP contribution in [0.15, 0.2) is 47.8 Å². The monoisotopic (exact) mass is 509 g/mol. The van der Waals surface area contributed by atoms with Crippen molar-refractivity contribution in [3.63, 3.8) is 0 Å². The van der Waals surface area contributed by atoms with Gasteiger partial charge in [0.15, 0.2) is 0 Å². The summed E-state index contributed by atoms with van der Waals surface area (Å²) in [4.78, 5) is 37.9. The second-order valence-corrected chi connectivity index (χ2v) is 8.73. The molecule has 1 unspecified atom stereocenters. The van der Waals surface area contributed by atoms with E-state index in [1.165, 1.54) is 48.7 Å². The standard InChI is InChI=1S/C23H15ClF3NO5S/c1-11(14-4-2-3-5-15(14)23(25,26)27)33-13-6-7-16(24)17(9-13)28-18(29)8-12-10-34-20(22(31)32)19(12)21(28)30/h2-7,9-11H,8H2,1H3,(H,31,32). The van der Waals surface area contributed by atoms with Gasteiger partial charge in [0.1, 0.15) is 16.7 Å². The quantitative estimate of drug-likeness (QED) is 0.427. The Bertz CT molecular complexity index is 1320. The Morgan fingerprint density at radius 1 is 1.21 bits per heavy atom. The molecule has 0 spiro atoms. The van der Waals surface area contributed by atoms with Crippen LogP contribution in [0.1, 0.15) is 49.7 Å². The molecule has 2 aromatic carbocycles. The van der Waals surface area contributed by atoms with E-state index in [4.69, 9.17) is 16.3 Å². The Hall–Kier alpha value is -3.37. The fraction of sp³-hybridized carbons (Fsp3) is 0.174. The Balaban J connectivity index is 1.69. The Labute approximate surface area is 200 Å². The molecule has 1 atom stereocenters. The summed E-state index contributed by atoms with van der Waals surface area (Å²) in [5.41, 5.74) is -0.768. The van der Waals surface area contributed by atoms with Crippen molar-refractivity contribution in [1.29, 1.82) is 0 Å². The van der Waals surface area contributed by atoms with Gasteiger partial charge in [0.05, 0.1) is 28.3 Å². The number of rotatable bonds is 5. The van der Waals surface area contributed by atoms with Gasteiger partial charge in [-0.15, -0.1) is 11.3 Å². The van der Waals surface area contributed by atoms with Gasteiger partial charge in [0.2, 0.25) is 5.91 Å². The van der Waals surface area contributed by atoms with Crippen LogP contribution in [0.4, 0.5) is 18.9 Å². The van der Waals surface area contributed by atoms with Gasteiger partial charge in [0, 0.05) is 11.6 Å². The summed E-state index contributed by atoms with van der Waals surface area (Å²) in [6, 6.07) is 8.99. The lowest BCUT2D eigenvalue weighted by Crippen LogP contribution is -2.42. The van der Waals surface area contributed by atoms with Crippen molar-refractivity contribution in [1.82, 2.24) is 0 Å². The second-order valence-electron chi connectivity index (χ2n) is 7.44. The minimum atomic E-state index is -4.58. The number of fused-ring (bicyclic) bond motifs is 1. The lowest BCUT2D eigenvalue weighted by Gasteiger charge is -2.27. The fourth-order valence-electron chi connectivity index (χ4n) is 3.74. The molecule has 2 heterocycles. The molecule has 34 heavy (non-hydrogen) atoms. The average Bonchev–Trinajstić information content (AvgIpc) is 3.19. The van der Waals surface area contributed by atoms with Crippen LogP contribution in [0, 0.1) is 0 Å². The summed E-state index contributed by atoms with van der Waals surface area (Å²) < 4.78 is 45.9. The molecule has 0 fully saturated rings. The van der Waals surface area contributed by atoms with E-state index in [2.05, 4.69) is 0 Å². The van der Waals surface area contributed by atoms with Crippen molar-refractivity contribution in [2.45, 2.75) is 25.6 Å². The molecule has 11 heteroatoms. The molecule has 1 aliphatic heterocycles. The second kappa shape index (κ2) is 8.77. The first-order valence-corrected chi connectivity index (χ1v) is 11.1. The molecule has 0 radical (unpaired) electrons. The van der Waals surface area contributed by atoms with Crippen molar-refractivity contribution in [3.8, 4) is 5.75 Å². The van der Waals surface area contributed by atoms with Crippen molar-refractivity contribution < 1.29 is 37.4 Å². The number of anilines is 1. The predicted octanol–water partition coefficient (Wildman–Crippen LogP) is 5.99. The van der Waals surface area contributed by atoms with Crippen molar-refractivity contribution in [2.24, 2.45) is 0 Å². The van der Waals surface area contributed by atoms with Gasteiger partial charge in [-0.3, -0.25) is 9.59 Å². The SMILES string of the molecule is CC(Oc1ccc(Cl)c(N2C(=O)Cc3csc(C(=O)O)c3C2=O)c1)c1ccccc1C(F)(F)F. The minimum absolute atomic E-state index is 0.00736. The van der Waals surface area contributed by atoms with Crippen molar-refractivity contribution in [3.05, 3.63) is 80.0 Å². The summed E-state index contributed by atoms with van der Waals surface area (Å²) in [6.07, 6.45) is -5.81. The number of hydrogen-bond donors (Lipinski definition) is 1. The zero-order valence-corrected chi connectivity index (χ0v) is 18.9. The van der Waals surface area contributed by atoms with Gasteiger partial charge in [-0.25, -0.2) is 9.69 Å². The van der Waals surface area contributed by atoms with E-state index in [9.17, 15) is 32.7 Å². The van der Waals surface area contributed by atoms with Crippen LogP contribution < -0.4 is 9.64 Å². The predicted molar refractivity (Wildman–Crippen MR) is 119 cm³/mol. The number of ether oxygens (including phenoxy) is 1. The molecule has 0 aliphatic carbocycles. The third-order valence-corrected chi connectivity index (χ3v) is 6.58. The zero-order valence-electron chi connectivity index (χ0n) is 17.4.